The zero-order chi connectivity index (χ0) is 18.9. The van der Waals surface area contributed by atoms with E-state index in [9.17, 15) is 4.79 Å². The number of halogens is 1. The van der Waals surface area contributed by atoms with Gasteiger partial charge in [0.05, 0.1) is 19.9 Å². The van der Waals surface area contributed by atoms with Crippen LogP contribution in [0.5, 0.6) is 11.5 Å². The summed E-state index contributed by atoms with van der Waals surface area (Å²) in [4.78, 5) is 12.1. The van der Waals surface area contributed by atoms with Crippen LogP contribution in [0, 0.1) is 6.92 Å². The highest BCUT2D eigenvalue weighted by atomic mass is 35.5. The molecule has 2 rings (SSSR count). The van der Waals surface area contributed by atoms with Crippen molar-refractivity contribution in [3.05, 3.63) is 52.5 Å². The van der Waals surface area contributed by atoms with E-state index in [1.54, 1.807) is 20.3 Å². The van der Waals surface area contributed by atoms with Gasteiger partial charge in [0.15, 0.2) is 0 Å². The van der Waals surface area contributed by atoms with Crippen molar-refractivity contribution >= 4 is 23.2 Å². The Balaban J connectivity index is 1.74. The van der Waals surface area contributed by atoms with Crippen LogP contribution in [0.2, 0.25) is 5.02 Å². The second-order valence-corrected chi connectivity index (χ2v) is 6.36. The molecule has 5 nitrogen and oxygen atoms in total. The van der Waals surface area contributed by atoms with Crippen molar-refractivity contribution in [2.45, 2.75) is 19.8 Å². The van der Waals surface area contributed by atoms with Crippen molar-refractivity contribution < 1.29 is 14.3 Å². The van der Waals surface area contributed by atoms with Gasteiger partial charge >= 0.3 is 0 Å². The molecule has 0 bridgehead atoms. The van der Waals surface area contributed by atoms with Crippen LogP contribution in [0.1, 0.15) is 17.5 Å². The highest BCUT2D eigenvalue weighted by Gasteiger charge is 2.10. The number of aryl methyl sites for hydroxylation is 1. The van der Waals surface area contributed by atoms with Gasteiger partial charge in [-0.05, 0) is 49.2 Å². The molecule has 2 aromatic carbocycles. The van der Waals surface area contributed by atoms with Crippen LogP contribution in [0.3, 0.4) is 0 Å². The molecule has 0 fully saturated rings. The van der Waals surface area contributed by atoms with Crippen LogP contribution in [-0.4, -0.2) is 33.2 Å². The van der Waals surface area contributed by atoms with E-state index in [0.29, 0.717) is 29.4 Å². The quantitative estimate of drug-likeness (QED) is 0.653. The summed E-state index contributed by atoms with van der Waals surface area (Å²) in [5.74, 6) is 1.34. The fourth-order valence-corrected chi connectivity index (χ4v) is 2.68. The lowest BCUT2D eigenvalue weighted by Gasteiger charge is -2.12. The van der Waals surface area contributed by atoms with Gasteiger partial charge < -0.3 is 20.1 Å². The predicted molar refractivity (Wildman–Crippen MR) is 106 cm³/mol. The van der Waals surface area contributed by atoms with E-state index in [1.165, 1.54) is 5.56 Å². The van der Waals surface area contributed by atoms with Crippen LogP contribution in [0.25, 0.3) is 0 Å². The summed E-state index contributed by atoms with van der Waals surface area (Å²) in [5, 5.41) is 6.77. The molecule has 2 aromatic rings. The maximum Gasteiger partial charge on any atom is 0.225 e. The van der Waals surface area contributed by atoms with Crippen molar-refractivity contribution in [3.63, 3.8) is 0 Å². The largest absolute Gasteiger partial charge is 0.497 e. The first-order chi connectivity index (χ1) is 12.5. The molecule has 140 valence electrons. The summed E-state index contributed by atoms with van der Waals surface area (Å²) in [5.41, 5.74) is 2.72. The number of ether oxygens (including phenoxy) is 2. The minimum atomic E-state index is -0.0705. The molecule has 0 aromatic heterocycles. The number of carbonyl (C=O) groups excluding carboxylic acids is 1. The predicted octanol–water partition coefficient (Wildman–Crippen LogP) is 3.83. The molecule has 0 saturated carbocycles. The van der Waals surface area contributed by atoms with Gasteiger partial charge in [-0.3, -0.25) is 4.79 Å². The maximum atomic E-state index is 12.1. The molecule has 0 spiro atoms. The van der Waals surface area contributed by atoms with Gasteiger partial charge in [0.25, 0.3) is 0 Å². The Morgan fingerprint density at radius 1 is 1.12 bits per heavy atom. The molecule has 0 heterocycles. The fourth-order valence-electron chi connectivity index (χ4n) is 2.53. The van der Waals surface area contributed by atoms with E-state index in [4.69, 9.17) is 21.1 Å². The minimum Gasteiger partial charge on any atom is -0.497 e. The molecule has 1 amide bonds. The van der Waals surface area contributed by atoms with Crippen molar-refractivity contribution in [2.75, 3.05) is 32.6 Å². The molecular weight excluding hydrogens is 352 g/mol. The second kappa shape index (κ2) is 10.0. The number of anilines is 1. The first-order valence-corrected chi connectivity index (χ1v) is 8.89. The summed E-state index contributed by atoms with van der Waals surface area (Å²) in [6.45, 7) is 3.28. The summed E-state index contributed by atoms with van der Waals surface area (Å²) >= 11 is 6.08. The first-order valence-electron chi connectivity index (χ1n) is 8.51. The Labute approximate surface area is 159 Å². The zero-order valence-electron chi connectivity index (χ0n) is 15.4. The third-order valence-electron chi connectivity index (χ3n) is 4.01. The van der Waals surface area contributed by atoms with Crippen LogP contribution in [0.15, 0.2) is 36.4 Å². The van der Waals surface area contributed by atoms with Gasteiger partial charge in [-0.2, -0.15) is 0 Å². The van der Waals surface area contributed by atoms with E-state index in [2.05, 4.69) is 16.7 Å². The molecule has 0 aliphatic carbocycles. The highest BCUT2D eigenvalue weighted by Crippen LogP contribution is 2.30. The van der Waals surface area contributed by atoms with Crippen molar-refractivity contribution in [2.24, 2.45) is 0 Å². The molecule has 0 radical (unpaired) electrons. The average molecular weight is 377 g/mol. The topological polar surface area (TPSA) is 59.6 Å². The zero-order valence-corrected chi connectivity index (χ0v) is 16.2. The normalized spacial score (nSPS) is 10.5. The van der Waals surface area contributed by atoms with Crippen molar-refractivity contribution in [1.82, 2.24) is 5.32 Å². The van der Waals surface area contributed by atoms with Crippen LogP contribution >= 0.6 is 11.6 Å². The molecule has 0 aliphatic rings. The number of carbonyl (C=O) groups is 1. The lowest BCUT2D eigenvalue weighted by Crippen LogP contribution is -2.23. The molecule has 0 aliphatic heterocycles. The smallest absolute Gasteiger partial charge is 0.225 e. The lowest BCUT2D eigenvalue weighted by atomic mass is 10.1. The molecule has 0 atom stereocenters. The highest BCUT2D eigenvalue weighted by molar-refractivity contribution is 6.31. The minimum absolute atomic E-state index is 0.0705. The summed E-state index contributed by atoms with van der Waals surface area (Å²) < 4.78 is 10.5. The van der Waals surface area contributed by atoms with E-state index in [0.717, 1.165) is 24.3 Å². The van der Waals surface area contributed by atoms with Crippen LogP contribution < -0.4 is 20.1 Å². The Bertz CT molecular complexity index is 750. The van der Waals surface area contributed by atoms with Gasteiger partial charge in [-0.25, -0.2) is 0 Å². The third kappa shape index (κ3) is 5.93. The number of nitrogens with one attached hydrogen (secondary N) is 2. The molecule has 0 unspecified atom stereocenters. The summed E-state index contributed by atoms with van der Waals surface area (Å²) in [6, 6.07) is 11.5. The number of rotatable bonds is 9. The molecule has 0 saturated heterocycles. The van der Waals surface area contributed by atoms with Gasteiger partial charge in [-0.15, -0.1) is 0 Å². The average Bonchev–Trinajstić information content (AvgIpc) is 2.64. The van der Waals surface area contributed by atoms with E-state index in [-0.39, 0.29) is 5.91 Å². The third-order valence-corrected chi connectivity index (χ3v) is 4.42. The number of benzene rings is 2. The summed E-state index contributed by atoms with van der Waals surface area (Å²) in [6.07, 6.45) is 1.26. The van der Waals surface area contributed by atoms with Gasteiger partial charge in [0, 0.05) is 24.1 Å². The molecule has 6 heteroatoms. The number of methoxy groups -OCH3 is 2. The van der Waals surface area contributed by atoms with E-state index >= 15 is 0 Å². The van der Waals surface area contributed by atoms with Crippen LogP contribution in [0.4, 0.5) is 5.69 Å². The Hall–Kier alpha value is -2.24. The first kappa shape index (κ1) is 20.1. The van der Waals surface area contributed by atoms with Gasteiger partial charge in [0.1, 0.15) is 11.5 Å². The Morgan fingerprint density at radius 3 is 2.65 bits per heavy atom. The van der Waals surface area contributed by atoms with Gasteiger partial charge in [0.2, 0.25) is 5.91 Å². The second-order valence-electron chi connectivity index (χ2n) is 5.95. The standard InChI is InChI=1S/C20H25ClN2O3/c1-14-11-18(19(26-3)13-17(14)21)23-20(24)8-10-22-9-7-15-5-4-6-16(12-15)25-2/h4-6,11-13,22H,7-10H2,1-3H3,(H,23,24). The fraction of sp³-hybridized carbons (Fsp3) is 0.350. The Kier molecular flexibility index (Phi) is 7.75. The number of hydrogen-bond donors (Lipinski definition) is 2. The van der Waals surface area contributed by atoms with Gasteiger partial charge in [-0.1, -0.05) is 23.7 Å². The summed E-state index contributed by atoms with van der Waals surface area (Å²) in [7, 11) is 3.21. The van der Waals surface area contributed by atoms with E-state index < -0.39 is 0 Å². The number of hydrogen-bond acceptors (Lipinski definition) is 4. The molecule has 2 N–H and O–H groups in total. The lowest BCUT2D eigenvalue weighted by molar-refractivity contribution is -0.116. The maximum absolute atomic E-state index is 12.1. The van der Waals surface area contributed by atoms with Crippen molar-refractivity contribution in [3.8, 4) is 11.5 Å². The van der Waals surface area contributed by atoms with Crippen molar-refractivity contribution in [1.29, 1.82) is 0 Å². The molecule has 26 heavy (non-hydrogen) atoms. The van der Waals surface area contributed by atoms with E-state index in [1.807, 2.05) is 31.2 Å². The Morgan fingerprint density at radius 2 is 1.92 bits per heavy atom. The SMILES string of the molecule is COc1cccc(CCNCCC(=O)Nc2cc(C)c(Cl)cc2OC)c1. The monoisotopic (exact) mass is 376 g/mol. The number of amides is 1. The van der Waals surface area contributed by atoms with Crippen LogP contribution in [-0.2, 0) is 11.2 Å². The molecular formula is C20H25ClN2O3.